The summed E-state index contributed by atoms with van der Waals surface area (Å²) in [6.45, 7) is 5.00. The van der Waals surface area contributed by atoms with Crippen LogP contribution < -0.4 is 10.2 Å². The van der Waals surface area contributed by atoms with Crippen LogP contribution in [0.4, 0.5) is 18.9 Å². The number of hydrogen-bond acceptors (Lipinski definition) is 3. The number of piperazine rings is 1. The maximum Gasteiger partial charge on any atom is 0.416 e. The van der Waals surface area contributed by atoms with Gasteiger partial charge in [0.2, 0.25) is 0 Å². The van der Waals surface area contributed by atoms with Gasteiger partial charge in [-0.1, -0.05) is 6.07 Å². The minimum Gasteiger partial charge on any atom is -0.374 e. The zero-order valence-electron chi connectivity index (χ0n) is 12.1. The second-order valence-corrected chi connectivity index (χ2v) is 5.86. The van der Waals surface area contributed by atoms with E-state index < -0.39 is 11.7 Å². The number of benzene rings is 1. The van der Waals surface area contributed by atoms with Gasteiger partial charge in [0, 0.05) is 57.9 Å². The molecule has 0 aromatic heterocycles. The molecular formula is C15H20F3N3. The number of likely N-dealkylation sites (N-methyl/N-ethyl adjacent to an activating group) is 1. The molecule has 21 heavy (non-hydrogen) atoms. The molecule has 2 heterocycles. The summed E-state index contributed by atoms with van der Waals surface area (Å²) in [4.78, 5) is 4.20. The Bertz CT molecular complexity index is 509. The summed E-state index contributed by atoms with van der Waals surface area (Å²) in [5, 5.41) is 3.27. The number of rotatable bonds is 2. The largest absolute Gasteiger partial charge is 0.416 e. The van der Waals surface area contributed by atoms with Crippen LogP contribution in [0.1, 0.15) is 17.0 Å². The zero-order valence-corrected chi connectivity index (χ0v) is 12.1. The fourth-order valence-corrected chi connectivity index (χ4v) is 3.44. The lowest BCUT2D eigenvalue weighted by Crippen LogP contribution is -2.45. The van der Waals surface area contributed by atoms with Crippen LogP contribution in [-0.2, 0) is 6.18 Å². The zero-order chi connectivity index (χ0) is 15.0. The Labute approximate surface area is 122 Å². The number of halogens is 3. The highest BCUT2D eigenvalue weighted by Crippen LogP contribution is 2.44. The molecule has 2 aliphatic rings. The van der Waals surface area contributed by atoms with E-state index >= 15 is 0 Å². The Kier molecular flexibility index (Phi) is 3.84. The van der Waals surface area contributed by atoms with Gasteiger partial charge in [-0.3, -0.25) is 0 Å². The third-order valence-electron chi connectivity index (χ3n) is 4.39. The van der Waals surface area contributed by atoms with Crippen LogP contribution in [0.2, 0.25) is 0 Å². The lowest BCUT2D eigenvalue weighted by molar-refractivity contribution is -0.138. The van der Waals surface area contributed by atoms with Gasteiger partial charge in [0.1, 0.15) is 0 Å². The second-order valence-electron chi connectivity index (χ2n) is 5.86. The van der Waals surface area contributed by atoms with E-state index in [2.05, 4.69) is 10.2 Å². The summed E-state index contributed by atoms with van der Waals surface area (Å²) < 4.78 is 39.8. The number of fused-ring (bicyclic) bond motifs is 1. The van der Waals surface area contributed by atoms with Crippen molar-refractivity contribution >= 4 is 5.69 Å². The van der Waals surface area contributed by atoms with Crippen molar-refractivity contribution in [2.45, 2.75) is 12.1 Å². The molecule has 1 atom stereocenters. The van der Waals surface area contributed by atoms with Gasteiger partial charge in [-0.15, -0.1) is 0 Å². The van der Waals surface area contributed by atoms with Crippen LogP contribution in [0.3, 0.4) is 0 Å². The first-order valence-electron chi connectivity index (χ1n) is 7.31. The molecule has 0 aliphatic carbocycles. The summed E-state index contributed by atoms with van der Waals surface area (Å²) in [5.74, 6) is -0.0686. The third-order valence-corrected chi connectivity index (χ3v) is 4.39. The van der Waals surface area contributed by atoms with Gasteiger partial charge in [0.25, 0.3) is 0 Å². The summed E-state index contributed by atoms with van der Waals surface area (Å²) in [7, 11) is 1.87. The van der Waals surface area contributed by atoms with Crippen molar-refractivity contribution in [1.29, 1.82) is 0 Å². The number of nitrogens with one attached hydrogen (secondary N) is 1. The quantitative estimate of drug-likeness (QED) is 0.903. The molecule has 1 aromatic carbocycles. The molecule has 1 aromatic rings. The topological polar surface area (TPSA) is 18.5 Å². The van der Waals surface area contributed by atoms with Gasteiger partial charge in [-0.05, 0) is 17.7 Å². The summed E-state index contributed by atoms with van der Waals surface area (Å²) in [6, 6.07) is 4.51. The van der Waals surface area contributed by atoms with Gasteiger partial charge in [-0.25, -0.2) is 0 Å². The molecule has 0 saturated carbocycles. The maximum atomic E-state index is 13.3. The van der Waals surface area contributed by atoms with Gasteiger partial charge in [-0.2, -0.15) is 13.2 Å². The fourth-order valence-electron chi connectivity index (χ4n) is 3.44. The second kappa shape index (κ2) is 5.50. The number of alkyl halides is 3. The third kappa shape index (κ3) is 2.87. The van der Waals surface area contributed by atoms with E-state index in [1.54, 1.807) is 6.07 Å². The Morgan fingerprint density at radius 2 is 1.95 bits per heavy atom. The van der Waals surface area contributed by atoms with Gasteiger partial charge < -0.3 is 15.1 Å². The lowest BCUT2D eigenvalue weighted by atomic mass is 9.94. The van der Waals surface area contributed by atoms with Gasteiger partial charge in [0.15, 0.2) is 0 Å². The highest BCUT2D eigenvalue weighted by atomic mass is 19.4. The Morgan fingerprint density at radius 3 is 2.62 bits per heavy atom. The van der Waals surface area contributed by atoms with Crippen molar-refractivity contribution in [1.82, 2.24) is 10.2 Å². The van der Waals surface area contributed by atoms with E-state index in [1.807, 2.05) is 11.9 Å². The Hall–Kier alpha value is -1.27. The van der Waals surface area contributed by atoms with Crippen molar-refractivity contribution in [3.05, 3.63) is 29.3 Å². The number of hydrogen-bond donors (Lipinski definition) is 1. The summed E-state index contributed by atoms with van der Waals surface area (Å²) >= 11 is 0. The fraction of sp³-hybridized carbons (Fsp3) is 0.600. The van der Waals surface area contributed by atoms with Crippen molar-refractivity contribution < 1.29 is 13.2 Å². The predicted octanol–water partition coefficient (Wildman–Crippen LogP) is 2.14. The van der Waals surface area contributed by atoms with E-state index in [9.17, 15) is 13.2 Å². The van der Waals surface area contributed by atoms with Gasteiger partial charge >= 0.3 is 6.18 Å². The molecule has 116 valence electrons. The van der Waals surface area contributed by atoms with E-state index in [0.717, 1.165) is 31.9 Å². The van der Waals surface area contributed by atoms with Gasteiger partial charge in [0.05, 0.1) is 5.56 Å². The monoisotopic (exact) mass is 299 g/mol. The van der Waals surface area contributed by atoms with E-state index in [0.29, 0.717) is 18.7 Å². The first-order chi connectivity index (χ1) is 9.97. The predicted molar refractivity (Wildman–Crippen MR) is 76.8 cm³/mol. The summed E-state index contributed by atoms with van der Waals surface area (Å²) in [5.41, 5.74) is 0.737. The van der Waals surface area contributed by atoms with Crippen LogP contribution in [0.15, 0.2) is 18.2 Å². The average Bonchev–Trinajstić information content (AvgIpc) is 2.76. The SMILES string of the molecule is CN1CC(CN2CCNCC2)c2c1cccc2C(F)(F)F. The minimum absolute atomic E-state index is 0.0686. The van der Waals surface area contributed by atoms with Crippen molar-refractivity contribution in [3.63, 3.8) is 0 Å². The summed E-state index contributed by atoms with van der Waals surface area (Å²) in [6.07, 6.45) is -4.28. The van der Waals surface area contributed by atoms with Crippen molar-refractivity contribution in [2.75, 3.05) is 51.2 Å². The van der Waals surface area contributed by atoms with Crippen LogP contribution >= 0.6 is 0 Å². The molecule has 0 bridgehead atoms. The first-order valence-corrected chi connectivity index (χ1v) is 7.31. The Balaban J connectivity index is 1.90. The van der Waals surface area contributed by atoms with Crippen LogP contribution in [-0.4, -0.2) is 51.2 Å². The smallest absolute Gasteiger partial charge is 0.374 e. The molecule has 2 aliphatic heterocycles. The Morgan fingerprint density at radius 1 is 1.24 bits per heavy atom. The lowest BCUT2D eigenvalue weighted by Gasteiger charge is -2.30. The molecule has 0 amide bonds. The highest BCUT2D eigenvalue weighted by Gasteiger charge is 2.40. The number of anilines is 1. The van der Waals surface area contributed by atoms with Crippen molar-refractivity contribution in [3.8, 4) is 0 Å². The molecule has 3 rings (SSSR count). The maximum absolute atomic E-state index is 13.3. The van der Waals surface area contributed by atoms with E-state index in [1.165, 1.54) is 12.1 Å². The molecule has 1 N–H and O–H groups in total. The van der Waals surface area contributed by atoms with Crippen molar-refractivity contribution in [2.24, 2.45) is 0 Å². The van der Waals surface area contributed by atoms with Crippen LogP contribution in [0.25, 0.3) is 0 Å². The standard InChI is InChI=1S/C15H20F3N3/c1-20-9-11(10-21-7-5-19-6-8-21)14-12(15(16,17)18)3-2-4-13(14)20/h2-4,11,19H,5-10H2,1H3. The highest BCUT2D eigenvalue weighted by molar-refractivity contribution is 5.63. The molecule has 1 fully saturated rings. The first kappa shape index (κ1) is 14.7. The van der Waals surface area contributed by atoms with Crippen LogP contribution in [0, 0.1) is 0 Å². The molecule has 3 nitrogen and oxygen atoms in total. The molecule has 1 saturated heterocycles. The normalized spacial score (nSPS) is 23.4. The molecule has 0 spiro atoms. The van der Waals surface area contributed by atoms with E-state index in [4.69, 9.17) is 0 Å². The molecular weight excluding hydrogens is 279 g/mol. The number of nitrogens with zero attached hydrogens (tertiary/aromatic N) is 2. The molecule has 1 unspecified atom stereocenters. The molecule has 6 heteroatoms. The average molecular weight is 299 g/mol. The van der Waals surface area contributed by atoms with Crippen LogP contribution in [0.5, 0.6) is 0 Å². The van der Waals surface area contributed by atoms with E-state index in [-0.39, 0.29) is 5.92 Å². The minimum atomic E-state index is -4.28. The molecule has 0 radical (unpaired) electrons.